The van der Waals surface area contributed by atoms with Gasteiger partial charge in [-0.15, -0.1) is 0 Å². The van der Waals surface area contributed by atoms with Gasteiger partial charge in [0, 0.05) is 12.2 Å². The minimum Gasteiger partial charge on any atom is -0.341 e. The molecule has 0 saturated heterocycles. The molecule has 0 bridgehead atoms. The first-order valence-electron chi connectivity index (χ1n) is 6.40. The molecule has 96 valence electrons. The molecule has 2 aromatic rings. The SMILES string of the molecule is O=Cc1c(F)cccc1N1CCCc2ccccc21. The molecule has 19 heavy (non-hydrogen) atoms. The van der Waals surface area contributed by atoms with E-state index in [0.29, 0.717) is 12.0 Å². The maximum atomic E-state index is 13.7. The summed E-state index contributed by atoms with van der Waals surface area (Å²) in [5, 5.41) is 0. The lowest BCUT2D eigenvalue weighted by molar-refractivity contribution is 0.112. The van der Waals surface area contributed by atoms with Gasteiger partial charge in [0.05, 0.1) is 11.3 Å². The highest BCUT2D eigenvalue weighted by Gasteiger charge is 2.21. The number of fused-ring (bicyclic) bond motifs is 1. The number of anilines is 2. The lowest BCUT2D eigenvalue weighted by atomic mass is 10.00. The van der Waals surface area contributed by atoms with Crippen molar-refractivity contribution in [3.63, 3.8) is 0 Å². The summed E-state index contributed by atoms with van der Waals surface area (Å²) < 4.78 is 13.7. The van der Waals surface area contributed by atoms with Crippen LogP contribution in [0.5, 0.6) is 0 Å². The highest BCUT2D eigenvalue weighted by atomic mass is 19.1. The van der Waals surface area contributed by atoms with E-state index >= 15 is 0 Å². The summed E-state index contributed by atoms with van der Waals surface area (Å²) in [7, 11) is 0. The van der Waals surface area contributed by atoms with Crippen molar-refractivity contribution in [1.29, 1.82) is 0 Å². The number of hydrogen-bond acceptors (Lipinski definition) is 2. The standard InChI is InChI=1S/C16H14FNO/c17-14-7-3-9-16(13(14)11-19)18-10-4-6-12-5-1-2-8-15(12)18/h1-3,5,7-9,11H,4,6,10H2. The van der Waals surface area contributed by atoms with Crippen molar-refractivity contribution >= 4 is 17.7 Å². The second-order valence-corrected chi connectivity index (χ2v) is 4.67. The Kier molecular flexibility index (Phi) is 3.03. The first-order valence-corrected chi connectivity index (χ1v) is 6.40. The molecule has 3 heteroatoms. The summed E-state index contributed by atoms with van der Waals surface area (Å²) in [5.41, 5.74) is 3.11. The lowest BCUT2D eigenvalue weighted by Gasteiger charge is -2.32. The third-order valence-electron chi connectivity index (χ3n) is 3.55. The Morgan fingerprint density at radius 1 is 1.05 bits per heavy atom. The third kappa shape index (κ3) is 2.01. The fourth-order valence-corrected chi connectivity index (χ4v) is 2.66. The highest BCUT2D eigenvalue weighted by molar-refractivity contribution is 5.87. The molecule has 0 fully saturated rings. The lowest BCUT2D eigenvalue weighted by Crippen LogP contribution is -2.25. The molecule has 1 aliphatic rings. The second-order valence-electron chi connectivity index (χ2n) is 4.67. The van der Waals surface area contributed by atoms with Crippen molar-refractivity contribution in [1.82, 2.24) is 0 Å². The number of carbonyl (C=O) groups excluding carboxylic acids is 1. The van der Waals surface area contributed by atoms with E-state index < -0.39 is 5.82 Å². The van der Waals surface area contributed by atoms with Crippen molar-refractivity contribution in [3.8, 4) is 0 Å². The minimum absolute atomic E-state index is 0.138. The predicted octanol–water partition coefficient (Wildman–Crippen LogP) is 3.72. The minimum atomic E-state index is -0.462. The molecule has 0 spiro atoms. The summed E-state index contributed by atoms with van der Waals surface area (Å²) >= 11 is 0. The molecule has 0 aliphatic carbocycles. The molecule has 0 N–H and O–H groups in total. The van der Waals surface area contributed by atoms with Crippen LogP contribution in [0.2, 0.25) is 0 Å². The fourth-order valence-electron chi connectivity index (χ4n) is 2.66. The van der Waals surface area contributed by atoms with Crippen molar-refractivity contribution < 1.29 is 9.18 Å². The molecular weight excluding hydrogens is 241 g/mol. The van der Waals surface area contributed by atoms with Crippen LogP contribution in [0.25, 0.3) is 0 Å². The number of aldehydes is 1. The van der Waals surface area contributed by atoms with Gasteiger partial charge in [-0.1, -0.05) is 24.3 Å². The van der Waals surface area contributed by atoms with Gasteiger partial charge in [-0.25, -0.2) is 4.39 Å². The zero-order valence-corrected chi connectivity index (χ0v) is 10.5. The summed E-state index contributed by atoms with van der Waals surface area (Å²) in [5.74, 6) is -0.462. The van der Waals surface area contributed by atoms with E-state index in [2.05, 4.69) is 6.07 Å². The number of aryl methyl sites for hydroxylation is 1. The summed E-state index contributed by atoms with van der Waals surface area (Å²) in [6.45, 7) is 0.807. The second kappa shape index (κ2) is 4.84. The Bertz CT molecular complexity index is 624. The molecule has 3 rings (SSSR count). The van der Waals surface area contributed by atoms with E-state index in [0.717, 1.165) is 25.1 Å². The third-order valence-corrected chi connectivity index (χ3v) is 3.55. The molecule has 2 aromatic carbocycles. The number of para-hydroxylation sites is 1. The van der Waals surface area contributed by atoms with Gasteiger partial charge < -0.3 is 4.90 Å². The van der Waals surface area contributed by atoms with Gasteiger partial charge >= 0.3 is 0 Å². The molecule has 1 aliphatic heterocycles. The van der Waals surface area contributed by atoms with Gasteiger partial charge in [-0.05, 0) is 36.6 Å². The molecule has 1 heterocycles. The molecular formula is C16H14FNO. The zero-order chi connectivity index (χ0) is 13.2. The van der Waals surface area contributed by atoms with Crippen LogP contribution in [0.1, 0.15) is 22.3 Å². The monoisotopic (exact) mass is 255 g/mol. The van der Waals surface area contributed by atoms with E-state index in [-0.39, 0.29) is 5.56 Å². The Hall–Kier alpha value is -2.16. The van der Waals surface area contributed by atoms with Crippen LogP contribution in [0.15, 0.2) is 42.5 Å². The van der Waals surface area contributed by atoms with Gasteiger partial charge in [0.2, 0.25) is 0 Å². The van der Waals surface area contributed by atoms with Crippen LogP contribution in [0.4, 0.5) is 15.8 Å². The average Bonchev–Trinajstić information content (AvgIpc) is 2.46. The molecule has 0 aromatic heterocycles. The first-order chi connectivity index (χ1) is 9.31. The number of nitrogens with zero attached hydrogens (tertiary/aromatic N) is 1. The quantitative estimate of drug-likeness (QED) is 0.762. The van der Waals surface area contributed by atoms with Crippen molar-refractivity contribution in [2.75, 3.05) is 11.4 Å². The van der Waals surface area contributed by atoms with Gasteiger partial charge in [0.25, 0.3) is 0 Å². The van der Waals surface area contributed by atoms with Crippen LogP contribution in [0.3, 0.4) is 0 Å². The van der Waals surface area contributed by atoms with Crippen LogP contribution >= 0.6 is 0 Å². The first kappa shape index (κ1) is 11.9. The Labute approximate surface area is 111 Å². The van der Waals surface area contributed by atoms with Crippen molar-refractivity contribution in [2.24, 2.45) is 0 Å². The molecule has 2 nitrogen and oxygen atoms in total. The van der Waals surface area contributed by atoms with E-state index in [9.17, 15) is 9.18 Å². The van der Waals surface area contributed by atoms with Gasteiger partial charge in [0.1, 0.15) is 5.82 Å². The summed E-state index contributed by atoms with van der Waals surface area (Å²) in [4.78, 5) is 13.2. The number of carbonyl (C=O) groups is 1. The molecule has 0 radical (unpaired) electrons. The van der Waals surface area contributed by atoms with E-state index in [1.165, 1.54) is 11.6 Å². The van der Waals surface area contributed by atoms with Gasteiger partial charge in [-0.3, -0.25) is 4.79 Å². The predicted molar refractivity (Wildman–Crippen MR) is 73.6 cm³/mol. The number of benzene rings is 2. The normalized spacial score (nSPS) is 14.1. The molecule has 0 saturated carbocycles. The maximum absolute atomic E-state index is 13.7. The Balaban J connectivity index is 2.14. The van der Waals surface area contributed by atoms with Gasteiger partial charge in [0.15, 0.2) is 6.29 Å². The number of hydrogen-bond donors (Lipinski definition) is 0. The summed E-state index contributed by atoms with van der Waals surface area (Å²) in [6.07, 6.45) is 2.63. The largest absolute Gasteiger partial charge is 0.341 e. The number of halogens is 1. The highest BCUT2D eigenvalue weighted by Crippen LogP contribution is 2.35. The average molecular weight is 255 g/mol. The Morgan fingerprint density at radius 2 is 1.84 bits per heavy atom. The van der Waals surface area contributed by atoms with Crippen LogP contribution in [-0.2, 0) is 6.42 Å². The molecule has 0 unspecified atom stereocenters. The summed E-state index contributed by atoms with van der Waals surface area (Å²) in [6, 6.07) is 12.9. The zero-order valence-electron chi connectivity index (χ0n) is 10.5. The van der Waals surface area contributed by atoms with Crippen LogP contribution < -0.4 is 4.90 Å². The smallest absolute Gasteiger partial charge is 0.155 e. The van der Waals surface area contributed by atoms with E-state index in [1.807, 2.05) is 23.1 Å². The maximum Gasteiger partial charge on any atom is 0.155 e. The van der Waals surface area contributed by atoms with E-state index in [1.54, 1.807) is 12.1 Å². The molecule has 0 atom stereocenters. The van der Waals surface area contributed by atoms with Gasteiger partial charge in [-0.2, -0.15) is 0 Å². The fraction of sp³-hybridized carbons (Fsp3) is 0.188. The van der Waals surface area contributed by atoms with Crippen LogP contribution in [-0.4, -0.2) is 12.8 Å². The number of rotatable bonds is 2. The van der Waals surface area contributed by atoms with Crippen LogP contribution in [0, 0.1) is 5.82 Å². The van der Waals surface area contributed by atoms with Crippen molar-refractivity contribution in [2.45, 2.75) is 12.8 Å². The Morgan fingerprint density at radius 3 is 2.68 bits per heavy atom. The molecule has 0 amide bonds. The van der Waals surface area contributed by atoms with Crippen molar-refractivity contribution in [3.05, 3.63) is 59.4 Å². The van der Waals surface area contributed by atoms with E-state index in [4.69, 9.17) is 0 Å². The topological polar surface area (TPSA) is 20.3 Å².